The van der Waals surface area contributed by atoms with Crippen molar-refractivity contribution in [3.63, 3.8) is 0 Å². The zero-order chi connectivity index (χ0) is 22.0. The molecule has 158 valence electrons. The van der Waals surface area contributed by atoms with E-state index in [2.05, 4.69) is 5.32 Å². The monoisotopic (exact) mass is 441 g/mol. The van der Waals surface area contributed by atoms with Crippen LogP contribution in [0.1, 0.15) is 4.88 Å². The third-order valence-electron chi connectivity index (χ3n) is 4.74. The van der Waals surface area contributed by atoms with Gasteiger partial charge in [-0.3, -0.25) is 18.7 Å². The van der Waals surface area contributed by atoms with E-state index in [4.69, 9.17) is 0 Å². The number of rotatable bonds is 6. The largest absolute Gasteiger partial charge is 0.331 e. The second-order valence-corrected chi connectivity index (χ2v) is 7.91. The van der Waals surface area contributed by atoms with Crippen LogP contribution >= 0.6 is 11.3 Å². The fraction of sp³-hybridized carbons (Fsp3) is 0.136. The van der Waals surface area contributed by atoms with E-state index in [-0.39, 0.29) is 12.2 Å². The van der Waals surface area contributed by atoms with Gasteiger partial charge in [0, 0.05) is 23.2 Å². The molecular formula is C22H17F2N3O3S. The molecule has 0 fully saturated rings. The van der Waals surface area contributed by atoms with Gasteiger partial charge < -0.3 is 5.32 Å². The van der Waals surface area contributed by atoms with E-state index in [1.165, 1.54) is 15.9 Å². The summed E-state index contributed by atoms with van der Waals surface area (Å²) in [6.45, 7) is -0.253. The lowest BCUT2D eigenvalue weighted by molar-refractivity contribution is -0.116. The molecule has 4 rings (SSSR count). The van der Waals surface area contributed by atoms with Crippen molar-refractivity contribution in [2.24, 2.45) is 0 Å². The normalized spacial score (nSPS) is 11.0. The van der Waals surface area contributed by atoms with E-state index < -0.39 is 35.3 Å². The number of anilines is 1. The molecular weight excluding hydrogens is 424 g/mol. The van der Waals surface area contributed by atoms with Gasteiger partial charge >= 0.3 is 5.69 Å². The fourth-order valence-electron chi connectivity index (χ4n) is 3.37. The summed E-state index contributed by atoms with van der Waals surface area (Å²) in [5.41, 5.74) is -0.807. The Hall–Kier alpha value is -3.59. The fourth-order valence-corrected chi connectivity index (χ4v) is 4.07. The van der Waals surface area contributed by atoms with Crippen molar-refractivity contribution in [3.05, 3.63) is 97.3 Å². The Labute approximate surface area is 179 Å². The van der Waals surface area contributed by atoms with Gasteiger partial charge in [-0.1, -0.05) is 18.2 Å². The maximum Gasteiger partial charge on any atom is 0.331 e. The minimum Gasteiger partial charge on any atom is -0.324 e. The Morgan fingerprint density at radius 3 is 2.42 bits per heavy atom. The summed E-state index contributed by atoms with van der Waals surface area (Å²) in [5.74, 6) is -2.32. The lowest BCUT2D eigenvalue weighted by atomic mass is 10.2. The number of carbonyl (C=O) groups excluding carboxylic acids is 1. The molecule has 0 saturated carbocycles. The van der Waals surface area contributed by atoms with E-state index >= 15 is 0 Å². The molecule has 0 radical (unpaired) electrons. The number of nitrogens with one attached hydrogen (secondary N) is 1. The molecule has 1 amide bonds. The number of hydrogen-bond donors (Lipinski definition) is 1. The number of aromatic nitrogens is 2. The number of para-hydroxylation sites is 1. The quantitative estimate of drug-likeness (QED) is 0.499. The van der Waals surface area contributed by atoms with Crippen LogP contribution in [0.15, 0.2) is 69.6 Å². The van der Waals surface area contributed by atoms with Crippen LogP contribution in [-0.4, -0.2) is 15.0 Å². The number of thiophene rings is 1. The van der Waals surface area contributed by atoms with Gasteiger partial charge in [-0.25, -0.2) is 13.6 Å². The first-order chi connectivity index (χ1) is 14.9. The van der Waals surface area contributed by atoms with Gasteiger partial charge in [0.25, 0.3) is 5.56 Å². The Balaban J connectivity index is 1.69. The number of benzene rings is 2. The van der Waals surface area contributed by atoms with Gasteiger partial charge in [-0.05, 0) is 42.1 Å². The van der Waals surface area contributed by atoms with Crippen LogP contribution in [0.5, 0.6) is 0 Å². The maximum absolute atomic E-state index is 13.4. The molecule has 9 heteroatoms. The second kappa shape index (κ2) is 8.65. The van der Waals surface area contributed by atoms with Crippen molar-refractivity contribution >= 4 is 33.8 Å². The minimum absolute atomic E-state index is 0.0640. The average Bonchev–Trinajstić information content (AvgIpc) is 3.24. The van der Waals surface area contributed by atoms with Crippen LogP contribution < -0.4 is 16.6 Å². The molecule has 2 aromatic heterocycles. The summed E-state index contributed by atoms with van der Waals surface area (Å²) in [6, 6.07) is 13.0. The number of hydrogen-bond acceptors (Lipinski definition) is 4. The van der Waals surface area contributed by atoms with Crippen molar-refractivity contribution in [1.82, 2.24) is 9.13 Å². The van der Waals surface area contributed by atoms with Crippen LogP contribution in [-0.2, 0) is 24.3 Å². The predicted molar refractivity (Wildman–Crippen MR) is 115 cm³/mol. The molecule has 0 unspecified atom stereocenters. The number of aryl methyl sites for hydroxylation is 1. The van der Waals surface area contributed by atoms with E-state index in [1.54, 1.807) is 24.3 Å². The summed E-state index contributed by atoms with van der Waals surface area (Å²) in [7, 11) is 0. The van der Waals surface area contributed by atoms with Gasteiger partial charge in [0.2, 0.25) is 5.91 Å². The van der Waals surface area contributed by atoms with Gasteiger partial charge in [0.15, 0.2) is 0 Å². The van der Waals surface area contributed by atoms with E-state index in [0.29, 0.717) is 23.4 Å². The molecule has 0 saturated heterocycles. The zero-order valence-corrected chi connectivity index (χ0v) is 17.0. The Kier molecular flexibility index (Phi) is 5.77. The van der Waals surface area contributed by atoms with E-state index in [1.807, 2.05) is 17.5 Å². The summed E-state index contributed by atoms with van der Waals surface area (Å²) >= 11 is 1.53. The molecule has 0 bridgehead atoms. The first kappa shape index (κ1) is 20.7. The molecule has 0 atom stereocenters. The van der Waals surface area contributed by atoms with Gasteiger partial charge in [0.1, 0.15) is 18.2 Å². The smallest absolute Gasteiger partial charge is 0.324 e. The number of nitrogens with zero attached hydrogens (tertiary/aromatic N) is 2. The molecule has 6 nitrogen and oxygen atoms in total. The van der Waals surface area contributed by atoms with Crippen molar-refractivity contribution in [2.45, 2.75) is 19.5 Å². The number of halogens is 2. The summed E-state index contributed by atoms with van der Waals surface area (Å²) in [5, 5.41) is 4.60. The molecule has 0 aliphatic carbocycles. The zero-order valence-electron chi connectivity index (χ0n) is 16.2. The first-order valence-electron chi connectivity index (χ1n) is 9.43. The van der Waals surface area contributed by atoms with Crippen LogP contribution in [0.2, 0.25) is 0 Å². The van der Waals surface area contributed by atoms with Crippen LogP contribution in [0.3, 0.4) is 0 Å². The lowest BCUT2D eigenvalue weighted by Crippen LogP contribution is -2.42. The topological polar surface area (TPSA) is 73.1 Å². The van der Waals surface area contributed by atoms with E-state index in [9.17, 15) is 23.2 Å². The lowest BCUT2D eigenvalue weighted by Gasteiger charge is -2.14. The highest BCUT2D eigenvalue weighted by Crippen LogP contribution is 2.14. The number of fused-ring (bicyclic) bond motifs is 1. The maximum atomic E-state index is 13.4. The average molecular weight is 441 g/mol. The van der Waals surface area contributed by atoms with Crippen molar-refractivity contribution in [3.8, 4) is 0 Å². The number of amides is 1. The Bertz CT molecular complexity index is 1360. The summed E-state index contributed by atoms with van der Waals surface area (Å²) in [4.78, 5) is 39.5. The third kappa shape index (κ3) is 4.46. The molecule has 2 aromatic carbocycles. The standard InChI is InChI=1S/C22H17F2N3O3S/c23-14-10-15(24)12-16(11-14)25-20(28)13-27-19-6-2-1-5-18(19)21(29)26(22(27)30)8-7-17-4-3-9-31-17/h1-6,9-12H,7-8,13H2,(H,25,28). The third-order valence-corrected chi connectivity index (χ3v) is 5.68. The molecule has 0 aliphatic rings. The molecule has 0 spiro atoms. The SMILES string of the molecule is O=C(Cn1c(=O)n(CCc2cccs2)c(=O)c2ccccc21)Nc1cc(F)cc(F)c1. The summed E-state index contributed by atoms with van der Waals surface area (Å²) in [6.07, 6.45) is 0.500. The Morgan fingerprint density at radius 1 is 0.968 bits per heavy atom. The van der Waals surface area contributed by atoms with Crippen molar-refractivity contribution in [1.29, 1.82) is 0 Å². The highest BCUT2D eigenvalue weighted by atomic mass is 32.1. The predicted octanol–water partition coefficient (Wildman–Crippen LogP) is 3.38. The molecule has 31 heavy (non-hydrogen) atoms. The molecule has 1 N–H and O–H groups in total. The van der Waals surface area contributed by atoms with Crippen LogP contribution in [0.25, 0.3) is 10.9 Å². The van der Waals surface area contributed by atoms with Crippen molar-refractivity contribution < 1.29 is 13.6 Å². The molecule has 4 aromatic rings. The van der Waals surface area contributed by atoms with Gasteiger partial charge in [-0.2, -0.15) is 0 Å². The highest BCUT2D eigenvalue weighted by molar-refractivity contribution is 7.09. The second-order valence-electron chi connectivity index (χ2n) is 6.88. The first-order valence-corrected chi connectivity index (χ1v) is 10.3. The van der Waals surface area contributed by atoms with Gasteiger partial charge in [-0.15, -0.1) is 11.3 Å². The minimum atomic E-state index is -0.833. The van der Waals surface area contributed by atoms with Crippen molar-refractivity contribution in [2.75, 3.05) is 5.32 Å². The van der Waals surface area contributed by atoms with E-state index in [0.717, 1.165) is 21.6 Å². The van der Waals surface area contributed by atoms with Crippen LogP contribution in [0, 0.1) is 11.6 Å². The van der Waals surface area contributed by atoms with Crippen LogP contribution in [0.4, 0.5) is 14.5 Å². The summed E-state index contributed by atoms with van der Waals surface area (Å²) < 4.78 is 29.1. The number of carbonyl (C=O) groups is 1. The highest BCUT2D eigenvalue weighted by Gasteiger charge is 2.16. The molecule has 0 aliphatic heterocycles. The Morgan fingerprint density at radius 2 is 1.71 bits per heavy atom. The molecule has 2 heterocycles. The van der Waals surface area contributed by atoms with Gasteiger partial charge in [0.05, 0.1) is 10.9 Å².